The minimum absolute atomic E-state index is 0.0938. The van der Waals surface area contributed by atoms with Gasteiger partial charge in [-0.25, -0.2) is 0 Å². The van der Waals surface area contributed by atoms with Gasteiger partial charge in [0.2, 0.25) is 0 Å². The Balaban J connectivity index is 1.99. The quantitative estimate of drug-likeness (QED) is 0.860. The summed E-state index contributed by atoms with van der Waals surface area (Å²) >= 11 is 0. The average molecular weight is 299 g/mol. The molecular weight excluding hydrogens is 278 g/mol. The number of aliphatic hydroxyl groups excluding tert-OH is 1. The van der Waals surface area contributed by atoms with E-state index in [2.05, 4.69) is 19.2 Å². The molecule has 2 rings (SSSR count). The first-order valence-corrected chi connectivity index (χ1v) is 7.32. The molecule has 2 aromatic carbocycles. The molecule has 0 aliphatic rings. The molecule has 0 fully saturated rings. The van der Waals surface area contributed by atoms with Crippen LogP contribution in [0.15, 0.2) is 48.5 Å². The number of anilines is 1. The van der Waals surface area contributed by atoms with Gasteiger partial charge in [0.05, 0.1) is 6.61 Å². The van der Waals surface area contributed by atoms with Gasteiger partial charge < -0.3 is 15.2 Å². The maximum atomic E-state index is 12.1. The van der Waals surface area contributed by atoms with Crippen LogP contribution in [-0.2, 0) is 11.4 Å². The summed E-state index contributed by atoms with van der Waals surface area (Å²) in [7, 11) is 0. The lowest BCUT2D eigenvalue weighted by Gasteiger charge is -2.14. The van der Waals surface area contributed by atoms with E-state index < -0.39 is 0 Å². The molecule has 0 atom stereocenters. The van der Waals surface area contributed by atoms with E-state index in [-0.39, 0.29) is 19.1 Å². The lowest BCUT2D eigenvalue weighted by Crippen LogP contribution is -2.21. The summed E-state index contributed by atoms with van der Waals surface area (Å²) in [6.45, 7) is 3.95. The highest BCUT2D eigenvalue weighted by Crippen LogP contribution is 2.23. The topological polar surface area (TPSA) is 58.6 Å². The van der Waals surface area contributed by atoms with Gasteiger partial charge in [-0.3, -0.25) is 4.79 Å². The van der Waals surface area contributed by atoms with Crippen LogP contribution in [0.4, 0.5) is 5.69 Å². The molecule has 0 aromatic heterocycles. The molecule has 2 N–H and O–H groups in total. The molecule has 4 heteroatoms. The fourth-order valence-corrected chi connectivity index (χ4v) is 2.22. The number of carbonyl (C=O) groups excluding carboxylic acids is 1. The summed E-state index contributed by atoms with van der Waals surface area (Å²) in [5, 5.41) is 12.1. The van der Waals surface area contributed by atoms with Gasteiger partial charge in [-0.15, -0.1) is 0 Å². The number of benzene rings is 2. The molecule has 0 unspecified atom stereocenters. The Morgan fingerprint density at radius 2 is 1.82 bits per heavy atom. The molecule has 0 saturated heterocycles. The van der Waals surface area contributed by atoms with Gasteiger partial charge in [-0.2, -0.15) is 0 Å². The van der Waals surface area contributed by atoms with E-state index >= 15 is 0 Å². The van der Waals surface area contributed by atoms with Crippen LogP contribution < -0.4 is 10.1 Å². The minimum Gasteiger partial charge on any atom is -0.483 e. The van der Waals surface area contributed by atoms with Crippen LogP contribution >= 0.6 is 0 Å². The van der Waals surface area contributed by atoms with Crippen LogP contribution in [0.25, 0.3) is 0 Å². The monoisotopic (exact) mass is 299 g/mol. The van der Waals surface area contributed by atoms with Crippen LogP contribution in [0.5, 0.6) is 5.75 Å². The first-order chi connectivity index (χ1) is 10.6. The third-order valence-corrected chi connectivity index (χ3v) is 3.36. The zero-order chi connectivity index (χ0) is 15.9. The predicted molar refractivity (Wildman–Crippen MR) is 87.0 cm³/mol. The van der Waals surface area contributed by atoms with Crippen LogP contribution in [0, 0.1) is 0 Å². The summed E-state index contributed by atoms with van der Waals surface area (Å²) in [5.41, 5.74) is 2.56. The van der Waals surface area contributed by atoms with Gasteiger partial charge >= 0.3 is 0 Å². The van der Waals surface area contributed by atoms with Gasteiger partial charge in [0, 0.05) is 11.3 Å². The third kappa shape index (κ3) is 4.09. The minimum atomic E-state index is -0.221. The Hall–Kier alpha value is -2.33. The highest BCUT2D eigenvalue weighted by Gasteiger charge is 2.10. The van der Waals surface area contributed by atoms with E-state index in [1.54, 1.807) is 18.2 Å². The second-order valence-corrected chi connectivity index (χ2v) is 5.34. The van der Waals surface area contributed by atoms with Gasteiger partial charge in [-0.05, 0) is 23.6 Å². The van der Waals surface area contributed by atoms with Crippen LogP contribution in [0.3, 0.4) is 0 Å². The number of rotatable bonds is 6. The lowest BCUT2D eigenvalue weighted by molar-refractivity contribution is -0.118. The van der Waals surface area contributed by atoms with E-state index in [0.717, 1.165) is 11.3 Å². The lowest BCUT2D eigenvalue weighted by atomic mass is 10.0. The van der Waals surface area contributed by atoms with Crippen molar-refractivity contribution in [2.45, 2.75) is 26.4 Å². The molecule has 0 aliphatic carbocycles. The SMILES string of the molecule is CC(C)c1ccccc1NC(=O)COc1ccccc1CO. The molecule has 1 amide bonds. The Kier molecular flexibility index (Phi) is 5.55. The molecule has 0 spiro atoms. The molecule has 0 radical (unpaired) electrons. The standard InChI is InChI=1S/C18H21NO3/c1-13(2)15-8-4-5-9-16(15)19-18(21)12-22-17-10-6-3-7-14(17)11-20/h3-10,13,20H,11-12H2,1-2H3,(H,19,21). The summed E-state index contributed by atoms with van der Waals surface area (Å²) in [6.07, 6.45) is 0. The predicted octanol–water partition coefficient (Wildman–Crippen LogP) is 3.32. The van der Waals surface area contributed by atoms with Gasteiger partial charge in [0.1, 0.15) is 5.75 Å². The zero-order valence-corrected chi connectivity index (χ0v) is 12.9. The molecule has 4 nitrogen and oxygen atoms in total. The highest BCUT2D eigenvalue weighted by molar-refractivity contribution is 5.92. The van der Waals surface area contributed by atoms with Crippen LogP contribution in [0.2, 0.25) is 0 Å². The van der Waals surface area contributed by atoms with Crippen molar-refractivity contribution < 1.29 is 14.6 Å². The number of amides is 1. The van der Waals surface area contributed by atoms with E-state index in [1.807, 2.05) is 30.3 Å². The smallest absolute Gasteiger partial charge is 0.262 e. The average Bonchev–Trinajstić information content (AvgIpc) is 2.53. The number of ether oxygens (including phenoxy) is 1. The Morgan fingerprint density at radius 1 is 1.14 bits per heavy atom. The first kappa shape index (κ1) is 16.0. The largest absolute Gasteiger partial charge is 0.483 e. The van der Waals surface area contributed by atoms with Crippen molar-refractivity contribution in [1.82, 2.24) is 0 Å². The number of aliphatic hydroxyl groups is 1. The van der Waals surface area contributed by atoms with E-state index in [1.165, 1.54) is 0 Å². The molecular formula is C18H21NO3. The Bertz CT molecular complexity index is 638. The molecule has 22 heavy (non-hydrogen) atoms. The van der Waals surface area contributed by atoms with Crippen LogP contribution in [-0.4, -0.2) is 17.6 Å². The van der Waals surface area contributed by atoms with E-state index in [0.29, 0.717) is 17.2 Å². The number of carbonyl (C=O) groups is 1. The maximum Gasteiger partial charge on any atom is 0.262 e. The Morgan fingerprint density at radius 3 is 2.55 bits per heavy atom. The van der Waals surface area contributed by atoms with Crippen molar-refractivity contribution in [2.75, 3.05) is 11.9 Å². The number of para-hydroxylation sites is 2. The van der Waals surface area contributed by atoms with Crippen molar-refractivity contribution in [3.8, 4) is 5.75 Å². The normalized spacial score (nSPS) is 10.5. The van der Waals surface area contributed by atoms with Crippen molar-refractivity contribution in [3.05, 3.63) is 59.7 Å². The van der Waals surface area contributed by atoms with Crippen molar-refractivity contribution in [3.63, 3.8) is 0 Å². The first-order valence-electron chi connectivity index (χ1n) is 7.32. The Labute approximate surface area is 130 Å². The summed E-state index contributed by atoms with van der Waals surface area (Å²) in [6, 6.07) is 14.9. The van der Waals surface area contributed by atoms with Crippen molar-refractivity contribution in [1.29, 1.82) is 0 Å². The molecule has 0 bridgehead atoms. The summed E-state index contributed by atoms with van der Waals surface area (Å²) < 4.78 is 5.49. The molecule has 0 aliphatic heterocycles. The number of hydrogen-bond acceptors (Lipinski definition) is 3. The maximum absolute atomic E-state index is 12.1. The fraction of sp³-hybridized carbons (Fsp3) is 0.278. The number of hydrogen-bond donors (Lipinski definition) is 2. The van der Waals surface area contributed by atoms with E-state index in [4.69, 9.17) is 4.74 Å². The van der Waals surface area contributed by atoms with Gasteiger partial charge in [0.25, 0.3) is 5.91 Å². The van der Waals surface area contributed by atoms with Crippen LogP contribution in [0.1, 0.15) is 30.9 Å². The van der Waals surface area contributed by atoms with Crippen molar-refractivity contribution in [2.24, 2.45) is 0 Å². The van der Waals surface area contributed by atoms with Gasteiger partial charge in [0.15, 0.2) is 6.61 Å². The van der Waals surface area contributed by atoms with E-state index in [9.17, 15) is 9.90 Å². The summed E-state index contributed by atoms with van der Waals surface area (Å²) in [4.78, 5) is 12.1. The second-order valence-electron chi connectivity index (χ2n) is 5.34. The second kappa shape index (κ2) is 7.61. The van der Waals surface area contributed by atoms with Crippen molar-refractivity contribution >= 4 is 11.6 Å². The molecule has 2 aromatic rings. The third-order valence-electron chi connectivity index (χ3n) is 3.36. The highest BCUT2D eigenvalue weighted by atomic mass is 16.5. The summed E-state index contributed by atoms with van der Waals surface area (Å²) in [5.74, 6) is 0.630. The molecule has 0 heterocycles. The number of nitrogens with one attached hydrogen (secondary N) is 1. The zero-order valence-electron chi connectivity index (χ0n) is 12.9. The molecule has 116 valence electrons. The molecule has 0 saturated carbocycles. The van der Waals surface area contributed by atoms with Gasteiger partial charge in [-0.1, -0.05) is 50.2 Å². The fourth-order valence-electron chi connectivity index (χ4n) is 2.22.